The summed E-state index contributed by atoms with van der Waals surface area (Å²) in [6.45, 7) is -0.866. The Balaban J connectivity index is 2.41. The summed E-state index contributed by atoms with van der Waals surface area (Å²) in [7, 11) is 0. The number of alkyl halides is 2. The number of carbonyl (C=O) groups is 4. The lowest BCUT2D eigenvalue weighted by molar-refractivity contribution is -0.147. The molecule has 1 aromatic carbocycles. The second-order valence-electron chi connectivity index (χ2n) is 5.55. The number of carbonyl (C=O) groups excluding carboxylic acids is 4. The van der Waals surface area contributed by atoms with Crippen LogP contribution in [-0.4, -0.2) is 49.6 Å². The fourth-order valence-electron chi connectivity index (χ4n) is 1.82. The number of nitrogens with one attached hydrogen (secondary N) is 3. The summed E-state index contributed by atoms with van der Waals surface area (Å²) in [5, 5.41) is 6.63. The summed E-state index contributed by atoms with van der Waals surface area (Å²) in [5.74, 6) is -3.00. The maximum absolute atomic E-state index is 12.3. The Labute approximate surface area is 159 Å². The Kier molecular flexibility index (Phi) is 9.34. The highest BCUT2D eigenvalue weighted by Gasteiger charge is 2.17. The van der Waals surface area contributed by atoms with Gasteiger partial charge in [0, 0.05) is 6.04 Å². The fraction of sp³-hybridized carbons (Fsp3) is 0.412. The molecule has 0 radical (unpaired) electrons. The maximum atomic E-state index is 12.3. The van der Waals surface area contributed by atoms with Crippen LogP contribution in [0.1, 0.15) is 30.6 Å². The smallest absolute Gasteiger partial charge is 0.387 e. The minimum atomic E-state index is -3.12. The van der Waals surface area contributed by atoms with Gasteiger partial charge in [-0.05, 0) is 25.5 Å². The Morgan fingerprint density at radius 3 is 2.46 bits per heavy atom. The number of imide groups is 1. The lowest BCUT2D eigenvalue weighted by Crippen LogP contribution is -2.45. The minimum absolute atomic E-state index is 0.137. The molecule has 4 amide bonds. The van der Waals surface area contributed by atoms with E-state index in [1.54, 1.807) is 6.92 Å². The normalized spacial score (nSPS) is 11.3. The van der Waals surface area contributed by atoms with Gasteiger partial charge in [-0.1, -0.05) is 19.1 Å². The maximum Gasteiger partial charge on any atom is 0.387 e. The second kappa shape index (κ2) is 11.5. The first-order valence-corrected chi connectivity index (χ1v) is 8.30. The number of hydrogen-bond acceptors (Lipinski definition) is 6. The molecule has 1 atom stereocenters. The van der Waals surface area contributed by atoms with Gasteiger partial charge >= 0.3 is 18.6 Å². The standard InChI is InChI=1S/C17H21F2N3O6/c1-3-10(2)21-17(26)22-13(23)9-27-14(24)8-20-15(25)11-6-4-5-7-12(11)28-16(18)19/h4-7,10,16H,3,8-9H2,1-2H3,(H,20,25)(H2,21,22,23,26)/t10-/m1/s1. The summed E-state index contributed by atoms with van der Waals surface area (Å²) >= 11 is 0. The van der Waals surface area contributed by atoms with Crippen LogP contribution in [0.25, 0.3) is 0 Å². The van der Waals surface area contributed by atoms with E-state index in [0.29, 0.717) is 6.42 Å². The zero-order valence-electron chi connectivity index (χ0n) is 15.3. The molecule has 0 fully saturated rings. The highest BCUT2D eigenvalue weighted by molar-refractivity contribution is 5.99. The summed E-state index contributed by atoms with van der Waals surface area (Å²) in [6.07, 6.45) is 0.668. The summed E-state index contributed by atoms with van der Waals surface area (Å²) in [6, 6.07) is 4.39. The van der Waals surface area contributed by atoms with Crippen molar-refractivity contribution in [2.75, 3.05) is 13.2 Å². The number of rotatable bonds is 9. The van der Waals surface area contributed by atoms with Gasteiger partial charge in [-0.25, -0.2) is 4.79 Å². The quantitative estimate of drug-likeness (QED) is 0.534. The van der Waals surface area contributed by atoms with E-state index in [1.165, 1.54) is 24.3 Å². The summed E-state index contributed by atoms with van der Waals surface area (Å²) in [5.41, 5.74) is -0.199. The number of para-hydroxylation sites is 1. The molecule has 0 bridgehead atoms. The molecule has 0 unspecified atom stereocenters. The minimum Gasteiger partial charge on any atom is -0.454 e. The van der Waals surface area contributed by atoms with Gasteiger partial charge in [-0.2, -0.15) is 8.78 Å². The van der Waals surface area contributed by atoms with Crippen LogP contribution in [0.5, 0.6) is 5.75 Å². The van der Waals surface area contributed by atoms with Crippen molar-refractivity contribution in [3.63, 3.8) is 0 Å². The van der Waals surface area contributed by atoms with Gasteiger partial charge in [0.15, 0.2) is 6.61 Å². The molecule has 3 N–H and O–H groups in total. The van der Waals surface area contributed by atoms with Crippen molar-refractivity contribution in [2.45, 2.75) is 32.9 Å². The topological polar surface area (TPSA) is 123 Å². The van der Waals surface area contributed by atoms with E-state index in [9.17, 15) is 28.0 Å². The van der Waals surface area contributed by atoms with Crippen LogP contribution >= 0.6 is 0 Å². The van der Waals surface area contributed by atoms with Gasteiger partial charge in [0.05, 0.1) is 5.56 Å². The molecule has 0 spiro atoms. The molecule has 1 aromatic rings. The molecule has 154 valence electrons. The Morgan fingerprint density at radius 2 is 1.82 bits per heavy atom. The van der Waals surface area contributed by atoms with Gasteiger partial charge in [-0.3, -0.25) is 19.7 Å². The monoisotopic (exact) mass is 401 g/mol. The van der Waals surface area contributed by atoms with Crippen LogP contribution < -0.4 is 20.7 Å². The Hall–Kier alpha value is -3.24. The molecule has 0 saturated heterocycles. The molecular formula is C17H21F2N3O6. The third-order valence-electron chi connectivity index (χ3n) is 3.35. The van der Waals surface area contributed by atoms with E-state index in [0.717, 1.165) is 0 Å². The number of amides is 4. The number of esters is 1. The van der Waals surface area contributed by atoms with E-state index in [4.69, 9.17) is 0 Å². The van der Waals surface area contributed by atoms with Crippen molar-refractivity contribution in [1.29, 1.82) is 0 Å². The highest BCUT2D eigenvalue weighted by atomic mass is 19.3. The number of halogens is 2. The van der Waals surface area contributed by atoms with E-state index < -0.39 is 43.6 Å². The molecule has 1 rings (SSSR count). The first kappa shape index (κ1) is 22.8. The van der Waals surface area contributed by atoms with Crippen LogP contribution in [0.3, 0.4) is 0 Å². The SMILES string of the molecule is CC[C@@H](C)NC(=O)NC(=O)COC(=O)CNC(=O)c1ccccc1OC(F)F. The van der Waals surface area contributed by atoms with E-state index in [2.05, 4.69) is 20.1 Å². The lowest BCUT2D eigenvalue weighted by Gasteiger charge is -2.12. The number of hydrogen-bond donors (Lipinski definition) is 3. The largest absolute Gasteiger partial charge is 0.454 e. The molecule has 0 aliphatic carbocycles. The van der Waals surface area contributed by atoms with E-state index >= 15 is 0 Å². The zero-order chi connectivity index (χ0) is 21.1. The Bertz CT molecular complexity index is 714. The van der Waals surface area contributed by atoms with Gasteiger partial charge in [0.25, 0.3) is 11.8 Å². The molecule has 9 nitrogen and oxygen atoms in total. The third kappa shape index (κ3) is 8.43. The predicted octanol–water partition coefficient (Wildman–Crippen LogP) is 1.19. The molecule has 28 heavy (non-hydrogen) atoms. The van der Waals surface area contributed by atoms with Gasteiger partial charge in [0.1, 0.15) is 12.3 Å². The van der Waals surface area contributed by atoms with Gasteiger partial charge in [-0.15, -0.1) is 0 Å². The fourth-order valence-corrected chi connectivity index (χ4v) is 1.82. The number of urea groups is 1. The molecule has 0 aromatic heterocycles. The molecule has 0 aliphatic rings. The highest BCUT2D eigenvalue weighted by Crippen LogP contribution is 2.19. The number of ether oxygens (including phenoxy) is 2. The van der Waals surface area contributed by atoms with Crippen molar-refractivity contribution < 1.29 is 37.4 Å². The zero-order valence-corrected chi connectivity index (χ0v) is 15.3. The molecule has 0 saturated carbocycles. The van der Waals surface area contributed by atoms with Crippen LogP contribution in [0.15, 0.2) is 24.3 Å². The second-order valence-corrected chi connectivity index (χ2v) is 5.55. The first-order chi connectivity index (χ1) is 13.2. The van der Waals surface area contributed by atoms with E-state index in [1.807, 2.05) is 12.2 Å². The van der Waals surface area contributed by atoms with Crippen molar-refractivity contribution in [1.82, 2.24) is 16.0 Å². The summed E-state index contributed by atoms with van der Waals surface area (Å²) in [4.78, 5) is 46.5. The van der Waals surface area contributed by atoms with Crippen molar-refractivity contribution in [3.8, 4) is 5.75 Å². The van der Waals surface area contributed by atoms with Crippen LogP contribution in [0, 0.1) is 0 Å². The average Bonchev–Trinajstić information content (AvgIpc) is 2.64. The third-order valence-corrected chi connectivity index (χ3v) is 3.35. The van der Waals surface area contributed by atoms with Crippen LogP contribution in [0.2, 0.25) is 0 Å². The molecule has 0 aliphatic heterocycles. The number of benzene rings is 1. The van der Waals surface area contributed by atoms with Crippen molar-refractivity contribution in [2.24, 2.45) is 0 Å². The van der Waals surface area contributed by atoms with Crippen LogP contribution in [0.4, 0.5) is 13.6 Å². The lowest BCUT2D eigenvalue weighted by atomic mass is 10.2. The molecule has 11 heteroatoms. The summed E-state index contributed by atoms with van der Waals surface area (Å²) < 4.78 is 33.5. The van der Waals surface area contributed by atoms with Crippen molar-refractivity contribution >= 4 is 23.8 Å². The van der Waals surface area contributed by atoms with Gasteiger partial charge < -0.3 is 20.1 Å². The van der Waals surface area contributed by atoms with Crippen LogP contribution in [-0.2, 0) is 14.3 Å². The van der Waals surface area contributed by atoms with Crippen molar-refractivity contribution in [3.05, 3.63) is 29.8 Å². The first-order valence-electron chi connectivity index (χ1n) is 8.30. The predicted molar refractivity (Wildman–Crippen MR) is 92.8 cm³/mol. The molecule has 0 heterocycles. The average molecular weight is 401 g/mol. The van der Waals surface area contributed by atoms with Gasteiger partial charge in [0.2, 0.25) is 0 Å². The molecular weight excluding hydrogens is 380 g/mol. The van der Waals surface area contributed by atoms with E-state index in [-0.39, 0.29) is 17.4 Å². The Morgan fingerprint density at radius 1 is 1.14 bits per heavy atom.